The summed E-state index contributed by atoms with van der Waals surface area (Å²) in [5.41, 5.74) is 2.19. The van der Waals surface area contributed by atoms with Crippen LogP contribution in [0.15, 0.2) is 24.3 Å². The molecule has 0 amide bonds. The Balaban J connectivity index is 1.10. The highest BCUT2D eigenvalue weighted by atomic mass is 19.2. The summed E-state index contributed by atoms with van der Waals surface area (Å²) in [7, 11) is 0. The Morgan fingerprint density at radius 1 is 0.865 bits per heavy atom. The van der Waals surface area contributed by atoms with E-state index >= 15 is 0 Å². The van der Waals surface area contributed by atoms with E-state index in [1.165, 1.54) is 31.7 Å². The lowest BCUT2D eigenvalue weighted by atomic mass is 9.67. The standard InChI is InChI=1S/C32H41F3O2/c1-3-36-27-17-16-25(29(33)19-27)11-7-21-5-9-22(10-6-21)23-12-14-24(15-13-23)28-18-26-8-4-20(2)37-32(26)31(35)30(28)34/h16-24H,3-15H2,1-2H3. The summed E-state index contributed by atoms with van der Waals surface area (Å²) < 4.78 is 55.2. The summed E-state index contributed by atoms with van der Waals surface area (Å²) in [5.74, 6) is 1.29. The van der Waals surface area contributed by atoms with Crippen LogP contribution in [0.4, 0.5) is 13.2 Å². The summed E-state index contributed by atoms with van der Waals surface area (Å²) in [6.45, 7) is 4.35. The first-order valence-corrected chi connectivity index (χ1v) is 14.5. The zero-order valence-electron chi connectivity index (χ0n) is 22.3. The third-order valence-corrected chi connectivity index (χ3v) is 9.33. The molecule has 2 fully saturated rings. The number of hydrogen-bond donors (Lipinski definition) is 0. The van der Waals surface area contributed by atoms with Gasteiger partial charge in [0.25, 0.3) is 0 Å². The van der Waals surface area contributed by atoms with Crippen LogP contribution < -0.4 is 9.47 Å². The molecule has 0 saturated heterocycles. The van der Waals surface area contributed by atoms with Crippen molar-refractivity contribution >= 4 is 0 Å². The van der Waals surface area contributed by atoms with Crippen molar-refractivity contribution in [2.24, 2.45) is 17.8 Å². The third kappa shape index (κ3) is 5.96. The van der Waals surface area contributed by atoms with E-state index in [-0.39, 0.29) is 23.6 Å². The molecule has 5 heteroatoms. The second-order valence-corrected chi connectivity index (χ2v) is 11.7. The molecule has 1 unspecified atom stereocenters. The average Bonchev–Trinajstić information content (AvgIpc) is 2.91. The first-order valence-electron chi connectivity index (χ1n) is 14.5. The van der Waals surface area contributed by atoms with Gasteiger partial charge >= 0.3 is 0 Å². The first-order chi connectivity index (χ1) is 17.9. The highest BCUT2D eigenvalue weighted by molar-refractivity contribution is 5.42. The molecule has 0 spiro atoms. The van der Waals surface area contributed by atoms with Crippen molar-refractivity contribution in [2.45, 2.75) is 103 Å². The highest BCUT2D eigenvalue weighted by Gasteiger charge is 2.34. The van der Waals surface area contributed by atoms with Crippen molar-refractivity contribution in [3.63, 3.8) is 0 Å². The number of benzene rings is 2. The van der Waals surface area contributed by atoms with Crippen molar-refractivity contribution < 1.29 is 22.6 Å². The highest BCUT2D eigenvalue weighted by Crippen LogP contribution is 2.46. The molecule has 0 aromatic heterocycles. The molecule has 2 aromatic carbocycles. The van der Waals surface area contributed by atoms with Crippen LogP contribution in [-0.4, -0.2) is 12.7 Å². The predicted octanol–water partition coefficient (Wildman–Crippen LogP) is 8.93. The van der Waals surface area contributed by atoms with Crippen molar-refractivity contribution in [3.05, 3.63) is 58.4 Å². The quantitative estimate of drug-likeness (QED) is 0.367. The molecule has 0 bridgehead atoms. The lowest BCUT2D eigenvalue weighted by Gasteiger charge is -2.38. The number of rotatable bonds is 7. The van der Waals surface area contributed by atoms with Crippen LogP contribution in [0.3, 0.4) is 0 Å². The predicted molar refractivity (Wildman–Crippen MR) is 141 cm³/mol. The lowest BCUT2D eigenvalue weighted by molar-refractivity contribution is 0.155. The van der Waals surface area contributed by atoms with Gasteiger partial charge in [-0.25, -0.2) is 8.78 Å². The van der Waals surface area contributed by atoms with Gasteiger partial charge in [0.2, 0.25) is 5.82 Å². The smallest absolute Gasteiger partial charge is 0.201 e. The monoisotopic (exact) mass is 514 g/mol. The van der Waals surface area contributed by atoms with Gasteiger partial charge in [-0.3, -0.25) is 0 Å². The third-order valence-electron chi connectivity index (χ3n) is 9.33. The minimum absolute atomic E-state index is 0.0638. The summed E-state index contributed by atoms with van der Waals surface area (Å²) in [4.78, 5) is 0. The molecule has 2 saturated carbocycles. The molecule has 0 radical (unpaired) electrons. The normalized spacial score (nSPS) is 27.9. The van der Waals surface area contributed by atoms with Crippen molar-refractivity contribution in [2.75, 3.05) is 6.61 Å². The van der Waals surface area contributed by atoms with Gasteiger partial charge in [-0.1, -0.05) is 18.9 Å². The van der Waals surface area contributed by atoms with Crippen LogP contribution in [-0.2, 0) is 12.8 Å². The molecule has 1 heterocycles. The summed E-state index contributed by atoms with van der Waals surface area (Å²) in [5, 5.41) is 0. The van der Waals surface area contributed by atoms with Gasteiger partial charge in [0, 0.05) is 6.07 Å². The Hall–Kier alpha value is -2.17. The van der Waals surface area contributed by atoms with Crippen molar-refractivity contribution in [1.29, 1.82) is 0 Å². The van der Waals surface area contributed by atoms with Crippen LogP contribution >= 0.6 is 0 Å². The fourth-order valence-corrected chi connectivity index (χ4v) is 7.11. The first kappa shape index (κ1) is 26.4. The molecule has 1 atom stereocenters. The molecule has 5 rings (SSSR count). The molecular weight excluding hydrogens is 473 g/mol. The number of hydrogen-bond acceptors (Lipinski definition) is 2. The zero-order chi connectivity index (χ0) is 25.9. The minimum Gasteiger partial charge on any atom is -0.494 e. The Bertz CT molecular complexity index is 1070. The second-order valence-electron chi connectivity index (χ2n) is 11.7. The Kier molecular flexibility index (Phi) is 8.36. The van der Waals surface area contributed by atoms with E-state index in [1.54, 1.807) is 0 Å². The van der Waals surface area contributed by atoms with Crippen LogP contribution in [0.1, 0.15) is 101 Å². The Morgan fingerprint density at radius 3 is 2.24 bits per heavy atom. The fraction of sp³-hybridized carbons (Fsp3) is 0.625. The van der Waals surface area contributed by atoms with Gasteiger partial charge in [0.15, 0.2) is 11.6 Å². The van der Waals surface area contributed by atoms with Crippen LogP contribution in [0.2, 0.25) is 0 Å². The summed E-state index contributed by atoms with van der Waals surface area (Å²) in [6, 6.07) is 7.14. The maximum absolute atomic E-state index is 15.0. The topological polar surface area (TPSA) is 18.5 Å². The molecule has 3 aliphatic rings. The zero-order valence-corrected chi connectivity index (χ0v) is 22.3. The van der Waals surface area contributed by atoms with E-state index in [1.807, 2.05) is 32.0 Å². The number of aryl methyl sites for hydroxylation is 2. The average molecular weight is 515 g/mol. The number of fused-ring (bicyclic) bond motifs is 1. The largest absolute Gasteiger partial charge is 0.494 e. The van der Waals surface area contributed by atoms with Crippen LogP contribution in [0.5, 0.6) is 11.5 Å². The van der Waals surface area contributed by atoms with E-state index in [0.717, 1.165) is 68.4 Å². The van der Waals surface area contributed by atoms with Gasteiger partial charge < -0.3 is 9.47 Å². The van der Waals surface area contributed by atoms with Gasteiger partial charge in [0.1, 0.15) is 11.6 Å². The van der Waals surface area contributed by atoms with Crippen molar-refractivity contribution in [3.8, 4) is 11.5 Å². The molecule has 0 N–H and O–H groups in total. The van der Waals surface area contributed by atoms with E-state index in [9.17, 15) is 13.2 Å². The maximum Gasteiger partial charge on any atom is 0.201 e. The van der Waals surface area contributed by atoms with Crippen molar-refractivity contribution in [1.82, 2.24) is 0 Å². The SMILES string of the molecule is CCOc1ccc(CCC2CCC(C3CCC(c4cc5c(c(F)c4F)OC(C)CC5)CC3)CC2)c(F)c1. The number of halogens is 3. The maximum atomic E-state index is 15.0. The molecule has 37 heavy (non-hydrogen) atoms. The minimum atomic E-state index is -0.787. The van der Waals surface area contributed by atoms with Crippen LogP contribution in [0, 0.1) is 35.2 Å². The molecule has 2 nitrogen and oxygen atoms in total. The van der Waals surface area contributed by atoms with Crippen LogP contribution in [0.25, 0.3) is 0 Å². The van der Waals surface area contributed by atoms with E-state index in [0.29, 0.717) is 29.8 Å². The molecule has 202 valence electrons. The van der Waals surface area contributed by atoms with E-state index in [4.69, 9.17) is 9.47 Å². The van der Waals surface area contributed by atoms with E-state index < -0.39 is 11.6 Å². The Morgan fingerprint density at radius 2 is 1.57 bits per heavy atom. The second kappa shape index (κ2) is 11.7. The summed E-state index contributed by atoms with van der Waals surface area (Å²) in [6.07, 6.45) is 12.3. The van der Waals surface area contributed by atoms with Gasteiger partial charge in [-0.2, -0.15) is 4.39 Å². The lowest BCUT2D eigenvalue weighted by Crippen LogP contribution is -2.26. The Labute approximate surface area is 219 Å². The fourth-order valence-electron chi connectivity index (χ4n) is 7.11. The van der Waals surface area contributed by atoms with Gasteiger partial charge in [0.05, 0.1) is 12.7 Å². The molecular formula is C32H41F3O2. The summed E-state index contributed by atoms with van der Waals surface area (Å²) >= 11 is 0. The number of ether oxygens (including phenoxy) is 2. The van der Waals surface area contributed by atoms with E-state index in [2.05, 4.69) is 0 Å². The molecule has 2 aliphatic carbocycles. The van der Waals surface area contributed by atoms with Gasteiger partial charge in [-0.05, 0) is 131 Å². The van der Waals surface area contributed by atoms with Gasteiger partial charge in [-0.15, -0.1) is 0 Å². The molecule has 1 aliphatic heterocycles. The molecule has 2 aromatic rings.